The van der Waals surface area contributed by atoms with E-state index in [1.54, 1.807) is 18.5 Å². The van der Waals surface area contributed by atoms with Crippen molar-refractivity contribution in [3.63, 3.8) is 0 Å². The molecule has 1 atom stereocenters. The van der Waals surface area contributed by atoms with E-state index in [0.717, 1.165) is 50.6 Å². The van der Waals surface area contributed by atoms with Gasteiger partial charge < -0.3 is 9.72 Å². The van der Waals surface area contributed by atoms with Crippen LogP contribution in [0.1, 0.15) is 36.9 Å². The molecule has 1 aromatic heterocycles. The Bertz CT molecular complexity index is 709. The summed E-state index contributed by atoms with van der Waals surface area (Å²) in [6.45, 7) is 6.67. The predicted octanol–water partition coefficient (Wildman–Crippen LogP) is 3.44. The highest BCUT2D eigenvalue weighted by atomic mass is 19.1. The number of rotatable bonds is 8. The van der Waals surface area contributed by atoms with Crippen LogP contribution in [0.25, 0.3) is 0 Å². The molecule has 3 heterocycles. The molecule has 2 fully saturated rings. The fraction of sp³-hybridized carbons (Fsp3) is 0.591. The van der Waals surface area contributed by atoms with Crippen LogP contribution >= 0.6 is 0 Å². The predicted molar refractivity (Wildman–Crippen MR) is 107 cm³/mol. The number of H-pyrrole nitrogens is 1. The van der Waals surface area contributed by atoms with Crippen LogP contribution in [-0.2, 0) is 17.8 Å². The molecule has 1 N–H and O–H groups in total. The number of hydrogen-bond donors (Lipinski definition) is 1. The molecular weight excluding hydrogens is 355 g/mol. The monoisotopic (exact) mass is 386 g/mol. The van der Waals surface area contributed by atoms with E-state index in [2.05, 4.69) is 19.8 Å². The third-order valence-electron chi connectivity index (χ3n) is 6.01. The van der Waals surface area contributed by atoms with E-state index in [9.17, 15) is 4.39 Å². The lowest BCUT2D eigenvalue weighted by molar-refractivity contribution is 0.0565. The lowest BCUT2D eigenvalue weighted by atomic mass is 9.95. The summed E-state index contributed by atoms with van der Waals surface area (Å²) in [6, 6.07) is 7.13. The van der Waals surface area contributed by atoms with Crippen LogP contribution in [0.4, 0.5) is 4.39 Å². The maximum absolute atomic E-state index is 13.9. The largest absolute Gasteiger partial charge is 0.377 e. The summed E-state index contributed by atoms with van der Waals surface area (Å²) >= 11 is 0. The normalized spacial score (nSPS) is 21.6. The number of aromatic amines is 1. The maximum atomic E-state index is 13.9. The second-order valence-corrected chi connectivity index (χ2v) is 8.22. The second kappa shape index (κ2) is 9.63. The molecule has 0 bridgehead atoms. The van der Waals surface area contributed by atoms with Crippen LogP contribution in [0.5, 0.6) is 0 Å². The third kappa shape index (κ3) is 5.40. The van der Waals surface area contributed by atoms with Crippen molar-refractivity contribution in [2.75, 3.05) is 32.8 Å². The quantitative estimate of drug-likeness (QED) is 0.755. The van der Waals surface area contributed by atoms with Gasteiger partial charge in [0.1, 0.15) is 5.82 Å². The molecule has 0 spiro atoms. The minimum atomic E-state index is -0.0908. The fourth-order valence-corrected chi connectivity index (χ4v) is 4.45. The Morgan fingerprint density at radius 2 is 2.04 bits per heavy atom. The van der Waals surface area contributed by atoms with E-state index in [-0.39, 0.29) is 5.82 Å². The van der Waals surface area contributed by atoms with E-state index in [1.807, 2.05) is 18.3 Å². The Morgan fingerprint density at radius 1 is 1.18 bits per heavy atom. The van der Waals surface area contributed by atoms with Gasteiger partial charge in [-0.05, 0) is 50.8 Å². The Morgan fingerprint density at radius 3 is 2.75 bits per heavy atom. The van der Waals surface area contributed by atoms with Crippen LogP contribution in [-0.4, -0.2) is 58.7 Å². The number of aromatic nitrogens is 2. The summed E-state index contributed by atoms with van der Waals surface area (Å²) in [5.74, 6) is 0.591. The molecule has 0 amide bonds. The highest BCUT2D eigenvalue weighted by molar-refractivity contribution is 5.17. The summed E-state index contributed by atoms with van der Waals surface area (Å²) in [4.78, 5) is 12.3. The van der Waals surface area contributed by atoms with Crippen molar-refractivity contribution in [1.82, 2.24) is 19.8 Å². The van der Waals surface area contributed by atoms with Crippen molar-refractivity contribution < 1.29 is 9.13 Å². The molecule has 28 heavy (non-hydrogen) atoms. The molecule has 0 aliphatic carbocycles. The zero-order chi connectivity index (χ0) is 19.2. The van der Waals surface area contributed by atoms with Gasteiger partial charge in [0.05, 0.1) is 12.4 Å². The first-order chi connectivity index (χ1) is 13.8. The molecular formula is C22H31FN4O. The van der Waals surface area contributed by atoms with Crippen molar-refractivity contribution in [3.8, 4) is 0 Å². The van der Waals surface area contributed by atoms with Crippen LogP contribution in [0.15, 0.2) is 36.8 Å². The van der Waals surface area contributed by atoms with E-state index in [1.165, 1.54) is 25.7 Å². The SMILES string of the molecule is Fc1ccccc1CN1CCC(CN(Cc2cnc[nH]2)C[C@H]2CCCO2)CC1. The smallest absolute Gasteiger partial charge is 0.127 e. The number of nitrogens with zero attached hydrogens (tertiary/aromatic N) is 3. The van der Waals surface area contributed by atoms with Crippen molar-refractivity contribution >= 4 is 0 Å². The Kier molecular flexibility index (Phi) is 6.73. The molecule has 4 rings (SSSR count). The summed E-state index contributed by atoms with van der Waals surface area (Å²) in [5.41, 5.74) is 1.97. The number of benzene rings is 1. The molecule has 0 saturated carbocycles. The van der Waals surface area contributed by atoms with Crippen molar-refractivity contribution in [2.45, 2.75) is 44.9 Å². The van der Waals surface area contributed by atoms with Crippen molar-refractivity contribution in [2.24, 2.45) is 5.92 Å². The van der Waals surface area contributed by atoms with Crippen molar-refractivity contribution in [1.29, 1.82) is 0 Å². The van der Waals surface area contributed by atoms with Gasteiger partial charge in [0.25, 0.3) is 0 Å². The highest BCUT2D eigenvalue weighted by Gasteiger charge is 2.25. The molecule has 2 aromatic rings. The lowest BCUT2D eigenvalue weighted by Gasteiger charge is -2.35. The summed E-state index contributed by atoms with van der Waals surface area (Å²) in [5, 5.41) is 0. The van der Waals surface area contributed by atoms with E-state index >= 15 is 0 Å². The zero-order valence-electron chi connectivity index (χ0n) is 16.5. The van der Waals surface area contributed by atoms with Crippen molar-refractivity contribution in [3.05, 3.63) is 53.9 Å². The molecule has 5 nitrogen and oxygen atoms in total. The number of piperidine rings is 1. The first-order valence-corrected chi connectivity index (χ1v) is 10.5. The van der Waals surface area contributed by atoms with Crippen LogP contribution in [0.2, 0.25) is 0 Å². The molecule has 2 aliphatic rings. The van der Waals surface area contributed by atoms with Crippen LogP contribution in [0.3, 0.4) is 0 Å². The summed E-state index contributed by atoms with van der Waals surface area (Å²) in [7, 11) is 0. The van der Waals surface area contributed by atoms with Gasteiger partial charge in [0.15, 0.2) is 0 Å². The second-order valence-electron chi connectivity index (χ2n) is 8.22. The molecule has 1 aromatic carbocycles. The molecule has 0 radical (unpaired) electrons. The van der Waals surface area contributed by atoms with Gasteiger partial charge in [-0.3, -0.25) is 9.80 Å². The standard InChI is InChI=1S/C22H31FN4O/c23-22-6-2-1-4-19(22)14-26-9-7-18(8-10-26)13-27(15-20-12-24-17-25-20)16-21-5-3-11-28-21/h1-2,4,6,12,17-18,21H,3,5,7-11,13-16H2,(H,24,25)/t21-/m1/s1. The molecule has 152 valence electrons. The van der Waals surface area contributed by atoms with E-state index in [0.29, 0.717) is 18.6 Å². The molecule has 0 unspecified atom stereocenters. The zero-order valence-corrected chi connectivity index (χ0v) is 16.5. The molecule has 2 saturated heterocycles. The lowest BCUT2D eigenvalue weighted by Crippen LogP contribution is -2.40. The average molecular weight is 387 g/mol. The average Bonchev–Trinajstić information content (AvgIpc) is 3.39. The minimum Gasteiger partial charge on any atom is -0.377 e. The third-order valence-corrected chi connectivity index (χ3v) is 6.01. The first kappa shape index (κ1) is 19.6. The first-order valence-electron chi connectivity index (χ1n) is 10.5. The Hall–Kier alpha value is -1.76. The number of ether oxygens (including phenoxy) is 1. The number of likely N-dealkylation sites (tertiary alicyclic amines) is 1. The van der Waals surface area contributed by atoms with Gasteiger partial charge in [0.2, 0.25) is 0 Å². The van der Waals surface area contributed by atoms with Gasteiger partial charge in [-0.25, -0.2) is 9.37 Å². The van der Waals surface area contributed by atoms with Crippen LogP contribution < -0.4 is 0 Å². The van der Waals surface area contributed by atoms with Gasteiger partial charge in [-0.1, -0.05) is 18.2 Å². The Balaban J connectivity index is 1.28. The number of halogens is 1. The summed E-state index contributed by atoms with van der Waals surface area (Å²) < 4.78 is 19.8. The van der Waals surface area contributed by atoms with Gasteiger partial charge in [-0.2, -0.15) is 0 Å². The molecule has 6 heteroatoms. The fourth-order valence-electron chi connectivity index (χ4n) is 4.45. The topological polar surface area (TPSA) is 44.4 Å². The summed E-state index contributed by atoms with van der Waals surface area (Å²) in [6.07, 6.45) is 8.71. The number of imidazole rings is 1. The molecule has 2 aliphatic heterocycles. The number of nitrogens with one attached hydrogen (secondary N) is 1. The van der Waals surface area contributed by atoms with Gasteiger partial charge >= 0.3 is 0 Å². The van der Waals surface area contributed by atoms with Gasteiger partial charge in [0, 0.05) is 50.2 Å². The van der Waals surface area contributed by atoms with E-state index in [4.69, 9.17) is 4.74 Å². The number of hydrogen-bond acceptors (Lipinski definition) is 4. The van der Waals surface area contributed by atoms with E-state index < -0.39 is 0 Å². The Labute approximate surface area is 166 Å². The van der Waals surface area contributed by atoms with Gasteiger partial charge in [-0.15, -0.1) is 0 Å². The van der Waals surface area contributed by atoms with Crippen LogP contribution in [0, 0.1) is 11.7 Å². The minimum absolute atomic E-state index is 0.0908. The highest BCUT2D eigenvalue weighted by Crippen LogP contribution is 2.23. The maximum Gasteiger partial charge on any atom is 0.127 e.